The van der Waals surface area contributed by atoms with Gasteiger partial charge in [-0.3, -0.25) is 19.1 Å². The molecule has 0 bridgehead atoms. The molecular weight excluding hydrogens is 383 g/mol. The fourth-order valence-electron chi connectivity index (χ4n) is 2.91. The van der Waals surface area contributed by atoms with Crippen LogP contribution in [0.5, 0.6) is 0 Å². The van der Waals surface area contributed by atoms with Gasteiger partial charge in [0.05, 0.1) is 5.56 Å². The number of hydrogen-bond donors (Lipinski definition) is 1. The number of nitrogens with zero attached hydrogens (tertiary/aromatic N) is 2. The summed E-state index contributed by atoms with van der Waals surface area (Å²) in [5.74, 6) is -0.579. The van der Waals surface area contributed by atoms with E-state index in [1.165, 1.54) is 24.3 Å². The summed E-state index contributed by atoms with van der Waals surface area (Å²) in [7, 11) is 0. The lowest BCUT2D eigenvalue weighted by molar-refractivity contribution is -0.137. The average Bonchev–Trinajstić information content (AvgIpc) is 2.68. The number of alkyl halides is 3. The molecule has 0 radical (unpaired) electrons. The third-order valence-corrected chi connectivity index (χ3v) is 4.40. The molecule has 3 aromatic rings. The van der Waals surface area contributed by atoms with Crippen LogP contribution in [-0.2, 0) is 12.6 Å². The van der Waals surface area contributed by atoms with Gasteiger partial charge in [0, 0.05) is 30.3 Å². The molecule has 1 amide bonds. The van der Waals surface area contributed by atoms with Crippen LogP contribution >= 0.6 is 0 Å². The molecule has 0 spiro atoms. The molecule has 0 saturated heterocycles. The second kappa shape index (κ2) is 8.30. The summed E-state index contributed by atoms with van der Waals surface area (Å²) in [6.07, 6.45) is -0.687. The second-order valence-corrected chi connectivity index (χ2v) is 6.44. The van der Waals surface area contributed by atoms with Crippen LogP contribution in [0, 0.1) is 6.92 Å². The summed E-state index contributed by atoms with van der Waals surface area (Å²) in [5.41, 5.74) is -0.232. The number of carbonyl (C=O) groups excluding carboxylic acids is 1. The van der Waals surface area contributed by atoms with Gasteiger partial charge in [0.1, 0.15) is 5.56 Å². The Kier molecular flexibility index (Phi) is 5.81. The van der Waals surface area contributed by atoms with Gasteiger partial charge in [-0.05, 0) is 61.4 Å². The number of halogens is 3. The van der Waals surface area contributed by atoms with Crippen LogP contribution in [-0.4, -0.2) is 22.0 Å². The second-order valence-electron chi connectivity index (χ2n) is 6.44. The smallest absolute Gasteiger partial charge is 0.352 e. The lowest BCUT2D eigenvalue weighted by Gasteiger charge is -2.14. The summed E-state index contributed by atoms with van der Waals surface area (Å²) < 4.78 is 40.2. The zero-order valence-corrected chi connectivity index (χ0v) is 15.5. The van der Waals surface area contributed by atoms with Gasteiger partial charge in [-0.25, -0.2) is 0 Å². The first-order chi connectivity index (χ1) is 13.8. The van der Waals surface area contributed by atoms with Crippen LogP contribution in [0.3, 0.4) is 0 Å². The summed E-state index contributed by atoms with van der Waals surface area (Å²) in [6, 6.07) is 11.0. The van der Waals surface area contributed by atoms with E-state index in [1.54, 1.807) is 19.3 Å². The molecule has 2 heterocycles. The van der Waals surface area contributed by atoms with Crippen molar-refractivity contribution in [3.05, 3.63) is 93.7 Å². The van der Waals surface area contributed by atoms with Gasteiger partial charge < -0.3 is 5.32 Å². The van der Waals surface area contributed by atoms with Gasteiger partial charge in [0.25, 0.3) is 11.5 Å². The molecule has 0 atom stereocenters. The Morgan fingerprint density at radius 3 is 2.52 bits per heavy atom. The minimum Gasteiger partial charge on any atom is -0.352 e. The molecule has 0 aliphatic carbocycles. The first-order valence-corrected chi connectivity index (χ1v) is 8.85. The zero-order valence-electron chi connectivity index (χ0n) is 15.5. The third-order valence-electron chi connectivity index (χ3n) is 4.40. The number of amides is 1. The first kappa shape index (κ1) is 20.3. The molecule has 0 unspecified atom stereocenters. The van der Waals surface area contributed by atoms with Crippen LogP contribution in [0.15, 0.2) is 65.7 Å². The van der Waals surface area contributed by atoms with Crippen LogP contribution in [0.2, 0.25) is 0 Å². The van der Waals surface area contributed by atoms with E-state index >= 15 is 0 Å². The maximum Gasteiger partial charge on any atom is 0.416 e. The Morgan fingerprint density at radius 1 is 1.10 bits per heavy atom. The Hall–Kier alpha value is -3.42. The van der Waals surface area contributed by atoms with Crippen molar-refractivity contribution in [2.24, 2.45) is 0 Å². The van der Waals surface area contributed by atoms with Crippen molar-refractivity contribution in [2.75, 3.05) is 6.54 Å². The van der Waals surface area contributed by atoms with E-state index in [0.717, 1.165) is 22.3 Å². The molecule has 150 valence electrons. The van der Waals surface area contributed by atoms with Gasteiger partial charge in [-0.1, -0.05) is 6.07 Å². The van der Waals surface area contributed by atoms with Crippen LogP contribution in [0.25, 0.3) is 5.69 Å². The van der Waals surface area contributed by atoms with Crippen LogP contribution < -0.4 is 10.9 Å². The van der Waals surface area contributed by atoms with E-state index < -0.39 is 23.2 Å². The number of pyridine rings is 2. The molecule has 0 fully saturated rings. The highest BCUT2D eigenvalue weighted by atomic mass is 19.4. The normalized spacial score (nSPS) is 11.3. The SMILES string of the molecule is Cc1ccc(C(=O)NCCc2ccncc2)c(=O)n1-c1cccc(C(F)(F)F)c1. The Bertz CT molecular complexity index is 1080. The summed E-state index contributed by atoms with van der Waals surface area (Å²) in [5, 5.41) is 2.67. The Morgan fingerprint density at radius 2 is 1.83 bits per heavy atom. The van der Waals surface area contributed by atoms with Gasteiger partial charge in [-0.15, -0.1) is 0 Å². The fraction of sp³-hybridized carbons (Fsp3) is 0.190. The van der Waals surface area contributed by atoms with Gasteiger partial charge in [-0.2, -0.15) is 13.2 Å². The number of aryl methyl sites for hydroxylation is 1. The zero-order chi connectivity index (χ0) is 21.0. The topological polar surface area (TPSA) is 64.0 Å². The van der Waals surface area contributed by atoms with Crippen molar-refractivity contribution in [2.45, 2.75) is 19.5 Å². The molecule has 2 aromatic heterocycles. The molecule has 0 saturated carbocycles. The lowest BCUT2D eigenvalue weighted by Crippen LogP contribution is -2.34. The summed E-state index contributed by atoms with van der Waals surface area (Å²) >= 11 is 0. The van der Waals surface area contributed by atoms with Crippen molar-refractivity contribution in [1.82, 2.24) is 14.9 Å². The Balaban J connectivity index is 1.85. The fourth-order valence-corrected chi connectivity index (χ4v) is 2.91. The molecule has 29 heavy (non-hydrogen) atoms. The highest BCUT2D eigenvalue weighted by Gasteiger charge is 2.30. The molecular formula is C21H18F3N3O2. The molecule has 5 nitrogen and oxygen atoms in total. The minimum atomic E-state index is -4.53. The summed E-state index contributed by atoms with van der Waals surface area (Å²) in [4.78, 5) is 29.2. The standard InChI is InChI=1S/C21H18F3N3O2/c1-14-5-6-18(19(28)26-12-9-15-7-10-25-11-8-15)20(29)27(14)17-4-2-3-16(13-17)21(22,23)24/h2-8,10-11,13H,9,12H2,1H3,(H,26,28). The highest BCUT2D eigenvalue weighted by Crippen LogP contribution is 2.30. The lowest BCUT2D eigenvalue weighted by atomic mass is 10.1. The van der Waals surface area contributed by atoms with E-state index in [4.69, 9.17) is 0 Å². The third kappa shape index (κ3) is 4.71. The minimum absolute atomic E-state index is 0.0498. The number of carbonyl (C=O) groups is 1. The maximum absolute atomic E-state index is 13.0. The molecule has 1 aromatic carbocycles. The molecule has 3 rings (SSSR count). The van der Waals surface area contributed by atoms with E-state index in [9.17, 15) is 22.8 Å². The predicted octanol–water partition coefficient (Wildman–Crippen LogP) is 3.53. The van der Waals surface area contributed by atoms with Gasteiger partial charge >= 0.3 is 6.18 Å². The first-order valence-electron chi connectivity index (χ1n) is 8.85. The number of hydrogen-bond acceptors (Lipinski definition) is 3. The average molecular weight is 401 g/mol. The highest BCUT2D eigenvalue weighted by molar-refractivity contribution is 5.93. The van der Waals surface area contributed by atoms with E-state index in [1.807, 2.05) is 12.1 Å². The Labute approximate surface area is 164 Å². The van der Waals surface area contributed by atoms with Crippen LogP contribution in [0.1, 0.15) is 27.2 Å². The van der Waals surface area contributed by atoms with Crippen molar-refractivity contribution in [3.8, 4) is 5.69 Å². The van der Waals surface area contributed by atoms with Gasteiger partial charge in [0.15, 0.2) is 0 Å². The van der Waals surface area contributed by atoms with Crippen molar-refractivity contribution in [3.63, 3.8) is 0 Å². The molecule has 0 aliphatic heterocycles. The van der Waals surface area contributed by atoms with Crippen molar-refractivity contribution in [1.29, 1.82) is 0 Å². The number of rotatable bonds is 5. The number of benzene rings is 1. The van der Waals surface area contributed by atoms with Gasteiger partial charge in [0.2, 0.25) is 0 Å². The van der Waals surface area contributed by atoms with Crippen molar-refractivity contribution >= 4 is 5.91 Å². The number of nitrogens with one attached hydrogen (secondary N) is 1. The monoisotopic (exact) mass is 401 g/mol. The van der Waals surface area contributed by atoms with Crippen LogP contribution in [0.4, 0.5) is 13.2 Å². The van der Waals surface area contributed by atoms with Crippen molar-refractivity contribution < 1.29 is 18.0 Å². The van der Waals surface area contributed by atoms with E-state index in [0.29, 0.717) is 18.7 Å². The molecule has 1 N–H and O–H groups in total. The predicted molar refractivity (Wildman–Crippen MR) is 102 cm³/mol. The largest absolute Gasteiger partial charge is 0.416 e. The van der Waals surface area contributed by atoms with E-state index in [-0.39, 0.29) is 11.3 Å². The maximum atomic E-state index is 13.0. The molecule has 0 aliphatic rings. The van der Waals surface area contributed by atoms with E-state index in [2.05, 4.69) is 10.3 Å². The summed E-state index contributed by atoms with van der Waals surface area (Å²) in [6.45, 7) is 1.90. The molecule has 8 heteroatoms. The quantitative estimate of drug-likeness (QED) is 0.711. The number of aromatic nitrogens is 2.